The van der Waals surface area contributed by atoms with Gasteiger partial charge in [-0.1, -0.05) is 75.6 Å². The van der Waals surface area contributed by atoms with Crippen LogP contribution in [0.5, 0.6) is 0 Å². The van der Waals surface area contributed by atoms with E-state index in [1.54, 1.807) is 6.08 Å². The Morgan fingerprint density at radius 2 is 1.93 bits per heavy atom. The summed E-state index contributed by atoms with van der Waals surface area (Å²) in [5.74, 6) is 0.774. The second-order valence-corrected chi connectivity index (χ2v) is 11.5. The first-order valence-corrected chi connectivity index (χ1v) is 14.1. The first-order chi connectivity index (χ1) is 19.2. The van der Waals surface area contributed by atoms with Gasteiger partial charge in [0.2, 0.25) is 0 Å². The molecule has 0 amide bonds. The fourth-order valence-electron chi connectivity index (χ4n) is 6.11. The van der Waals surface area contributed by atoms with E-state index in [9.17, 15) is 0 Å². The molecule has 0 bridgehead atoms. The maximum absolute atomic E-state index is 6.96. The number of hydrogen-bond donors (Lipinski definition) is 3. The Morgan fingerprint density at radius 1 is 1.15 bits per heavy atom. The quantitative estimate of drug-likeness (QED) is 0.284. The molecule has 2 unspecified atom stereocenters. The Balaban J connectivity index is 1.74. The third-order valence-electron chi connectivity index (χ3n) is 8.27. The molecule has 3 aliphatic carbocycles. The van der Waals surface area contributed by atoms with E-state index in [0.29, 0.717) is 11.6 Å². The Hall–Kier alpha value is -4.31. The highest BCUT2D eigenvalue weighted by atomic mass is 14.9. The van der Waals surface area contributed by atoms with Crippen molar-refractivity contribution in [2.75, 3.05) is 5.32 Å². The summed E-state index contributed by atoms with van der Waals surface area (Å²) < 4.78 is 0. The van der Waals surface area contributed by atoms with Crippen molar-refractivity contribution < 1.29 is 0 Å². The zero-order valence-electron chi connectivity index (χ0n) is 23.8. The predicted octanol–water partition coefficient (Wildman–Crippen LogP) is 6.16. The van der Waals surface area contributed by atoms with Crippen LogP contribution >= 0.6 is 0 Å². The summed E-state index contributed by atoms with van der Waals surface area (Å²) >= 11 is 0. The van der Waals surface area contributed by atoms with Gasteiger partial charge in [-0.15, -0.1) is 0 Å². The minimum Gasteiger partial charge on any atom is -0.401 e. The van der Waals surface area contributed by atoms with Crippen molar-refractivity contribution in [3.63, 3.8) is 0 Å². The van der Waals surface area contributed by atoms with Gasteiger partial charge in [0.15, 0.2) is 0 Å². The van der Waals surface area contributed by atoms with Gasteiger partial charge >= 0.3 is 0 Å². The molecule has 5 N–H and O–H groups in total. The van der Waals surface area contributed by atoms with Crippen LogP contribution in [0.2, 0.25) is 0 Å². The van der Waals surface area contributed by atoms with E-state index < -0.39 is 5.54 Å². The minimum atomic E-state index is -0.399. The Labute approximate surface area is 238 Å². The molecular weight excluding hydrogens is 488 g/mol. The molecule has 0 saturated carbocycles. The molecular formula is C36H40N4. The molecule has 5 rings (SSSR count). The van der Waals surface area contributed by atoms with Crippen molar-refractivity contribution in [2.24, 2.45) is 22.4 Å². The Bertz CT molecular complexity index is 1610. The number of aliphatic imine (C=N–C) groups is 1. The molecule has 2 aromatic carbocycles. The lowest BCUT2D eigenvalue weighted by Gasteiger charge is -2.30. The summed E-state index contributed by atoms with van der Waals surface area (Å²) in [4.78, 5) is 5.03. The third kappa shape index (κ3) is 5.14. The van der Waals surface area contributed by atoms with Crippen molar-refractivity contribution >= 4 is 23.3 Å². The SMILES string of the molecule is C=C/C=C\C=NC1(C)C[C@@H](/C=C\C(=C)N)c2cc3c(cc21)=C(N)C1CC=CC=C1C=3Nc1ccc(C(C)C)cc1. The minimum absolute atomic E-state index is 0.135. The third-order valence-corrected chi connectivity index (χ3v) is 8.27. The molecule has 2 aromatic rings. The second-order valence-electron chi connectivity index (χ2n) is 11.5. The highest BCUT2D eigenvalue weighted by molar-refractivity contribution is 5.83. The average molecular weight is 529 g/mol. The summed E-state index contributed by atoms with van der Waals surface area (Å²) in [5, 5.41) is 6.02. The molecule has 0 fully saturated rings. The van der Waals surface area contributed by atoms with E-state index >= 15 is 0 Å². The highest BCUT2D eigenvalue weighted by Crippen LogP contribution is 2.47. The molecule has 0 radical (unpaired) electrons. The van der Waals surface area contributed by atoms with Gasteiger partial charge in [0.25, 0.3) is 0 Å². The van der Waals surface area contributed by atoms with Crippen LogP contribution < -0.4 is 27.2 Å². The summed E-state index contributed by atoms with van der Waals surface area (Å²) in [6.07, 6.45) is 19.8. The zero-order chi connectivity index (χ0) is 28.4. The van der Waals surface area contributed by atoms with Crippen molar-refractivity contribution in [3.8, 4) is 0 Å². The topological polar surface area (TPSA) is 76.4 Å². The van der Waals surface area contributed by atoms with Crippen LogP contribution in [0.1, 0.15) is 62.1 Å². The van der Waals surface area contributed by atoms with Crippen LogP contribution in [0.3, 0.4) is 0 Å². The Kier molecular flexibility index (Phi) is 7.53. The number of benzene rings is 2. The van der Waals surface area contributed by atoms with Gasteiger partial charge in [0, 0.05) is 45.6 Å². The molecule has 204 valence electrons. The largest absolute Gasteiger partial charge is 0.401 e. The predicted molar refractivity (Wildman–Crippen MR) is 171 cm³/mol. The first kappa shape index (κ1) is 27.3. The van der Waals surface area contributed by atoms with Gasteiger partial charge in [-0.2, -0.15) is 0 Å². The van der Waals surface area contributed by atoms with Crippen molar-refractivity contribution in [1.29, 1.82) is 0 Å². The van der Waals surface area contributed by atoms with Crippen LogP contribution in [-0.4, -0.2) is 6.21 Å². The first-order valence-electron chi connectivity index (χ1n) is 14.1. The van der Waals surface area contributed by atoms with Gasteiger partial charge < -0.3 is 16.8 Å². The van der Waals surface area contributed by atoms with Crippen LogP contribution in [-0.2, 0) is 5.54 Å². The molecule has 3 aliphatic rings. The normalized spacial score (nSPS) is 23.6. The van der Waals surface area contributed by atoms with Crippen LogP contribution in [0.25, 0.3) is 11.4 Å². The van der Waals surface area contributed by atoms with Crippen molar-refractivity contribution in [2.45, 2.75) is 51.0 Å². The summed E-state index contributed by atoms with van der Waals surface area (Å²) in [6.45, 7) is 14.3. The molecule has 0 aromatic heterocycles. The van der Waals surface area contributed by atoms with Crippen molar-refractivity contribution in [1.82, 2.24) is 0 Å². The maximum Gasteiger partial charge on any atom is 0.0840 e. The van der Waals surface area contributed by atoms with E-state index in [1.807, 2.05) is 24.4 Å². The summed E-state index contributed by atoms with van der Waals surface area (Å²) in [6, 6.07) is 13.4. The van der Waals surface area contributed by atoms with E-state index in [2.05, 4.69) is 99.9 Å². The lowest BCUT2D eigenvalue weighted by atomic mass is 9.80. The molecule has 40 heavy (non-hydrogen) atoms. The molecule has 4 nitrogen and oxygen atoms in total. The maximum atomic E-state index is 6.96. The summed E-state index contributed by atoms with van der Waals surface area (Å²) in [5.41, 5.74) is 21.2. The summed E-state index contributed by atoms with van der Waals surface area (Å²) in [7, 11) is 0. The molecule has 0 saturated heterocycles. The van der Waals surface area contributed by atoms with E-state index in [0.717, 1.165) is 40.4 Å². The highest BCUT2D eigenvalue weighted by Gasteiger charge is 2.40. The number of allylic oxidation sites excluding steroid dienone is 8. The number of fused-ring (bicyclic) bond motifs is 3. The lowest BCUT2D eigenvalue weighted by Crippen LogP contribution is -2.42. The number of anilines is 1. The van der Waals surface area contributed by atoms with E-state index in [4.69, 9.17) is 16.5 Å². The van der Waals surface area contributed by atoms with Crippen molar-refractivity contribution in [3.05, 3.63) is 137 Å². The van der Waals surface area contributed by atoms with E-state index in [-0.39, 0.29) is 11.8 Å². The standard InChI is InChI=1S/C36H40N4/c1-6-7-10-19-39-36(5)22-26(14-13-24(4)37)30-20-32-31(21-33(30)36)34(38)28-11-8-9-12-29(28)35(32)40-27-17-15-25(16-18-27)23(2)3/h6-10,12-21,23,26,28,40H,1,4,11,22,37-38H2,2-3,5H3/b10-7-,14-13-,39-19?/t26-,28?,36?/m1/s1. The van der Waals surface area contributed by atoms with Gasteiger partial charge in [-0.3, -0.25) is 4.99 Å². The molecule has 0 spiro atoms. The monoisotopic (exact) mass is 528 g/mol. The van der Waals surface area contributed by atoms with Crippen LogP contribution in [0.4, 0.5) is 5.69 Å². The van der Waals surface area contributed by atoms with E-state index in [1.165, 1.54) is 22.3 Å². The number of rotatable bonds is 8. The molecule has 4 heteroatoms. The van der Waals surface area contributed by atoms with Gasteiger partial charge in [-0.05, 0) is 84.4 Å². The fraction of sp³-hybridized carbons (Fsp3) is 0.250. The number of nitrogens with zero attached hydrogens (tertiary/aromatic N) is 1. The van der Waals surface area contributed by atoms with Gasteiger partial charge in [-0.25, -0.2) is 0 Å². The molecule has 0 aliphatic heterocycles. The smallest absolute Gasteiger partial charge is 0.0840 e. The number of hydrogen-bond acceptors (Lipinski definition) is 4. The van der Waals surface area contributed by atoms with Gasteiger partial charge in [0.1, 0.15) is 0 Å². The molecule has 3 atom stereocenters. The van der Waals surface area contributed by atoms with Gasteiger partial charge in [0.05, 0.1) is 11.2 Å². The number of nitrogens with two attached hydrogens (primary N) is 2. The zero-order valence-corrected chi connectivity index (χ0v) is 23.8. The van der Waals surface area contributed by atoms with Crippen LogP contribution in [0, 0.1) is 5.92 Å². The fourth-order valence-corrected chi connectivity index (χ4v) is 6.11. The van der Waals surface area contributed by atoms with Crippen LogP contribution in [0.15, 0.2) is 114 Å². The Morgan fingerprint density at radius 3 is 2.62 bits per heavy atom. The average Bonchev–Trinajstić information content (AvgIpc) is 3.22. The number of nitrogens with one attached hydrogen (secondary N) is 1. The molecule has 0 heterocycles. The second kappa shape index (κ2) is 11.1. The lowest BCUT2D eigenvalue weighted by molar-refractivity contribution is 0.481.